The zero-order valence-corrected chi connectivity index (χ0v) is 9.38. The molecule has 0 aliphatic carbocycles. The zero-order valence-electron chi connectivity index (χ0n) is 8.49. The first-order chi connectivity index (χ1) is 6.15. The summed E-state index contributed by atoms with van der Waals surface area (Å²) in [7, 11) is 4.11. The third kappa shape index (κ3) is 2.66. The van der Waals surface area contributed by atoms with Crippen LogP contribution in [0.15, 0.2) is 24.3 Å². The van der Waals surface area contributed by atoms with E-state index in [0.717, 1.165) is 6.42 Å². The van der Waals surface area contributed by atoms with Crippen LogP contribution >= 0.6 is 12.6 Å². The van der Waals surface area contributed by atoms with Crippen molar-refractivity contribution in [2.75, 3.05) is 19.0 Å². The predicted octanol–water partition coefficient (Wildman–Crippen LogP) is 3.13. The van der Waals surface area contributed by atoms with E-state index in [0.29, 0.717) is 5.25 Å². The Bertz CT molecular complexity index is 271. The fourth-order valence-electron chi connectivity index (χ4n) is 1.25. The number of thiol groups is 1. The average molecular weight is 195 g/mol. The Balaban J connectivity index is 2.91. The van der Waals surface area contributed by atoms with E-state index in [1.54, 1.807) is 0 Å². The molecule has 0 saturated heterocycles. The first kappa shape index (κ1) is 10.5. The number of benzene rings is 1. The molecular weight excluding hydrogens is 178 g/mol. The molecule has 1 nitrogen and oxygen atoms in total. The maximum Gasteiger partial charge on any atom is 0.0364 e. The quantitative estimate of drug-likeness (QED) is 0.725. The van der Waals surface area contributed by atoms with Gasteiger partial charge in [0.2, 0.25) is 0 Å². The lowest BCUT2D eigenvalue weighted by Crippen LogP contribution is -2.08. The van der Waals surface area contributed by atoms with Crippen LogP contribution in [0.3, 0.4) is 0 Å². The lowest BCUT2D eigenvalue weighted by molar-refractivity contribution is 0.901. The Labute approximate surface area is 86.2 Å². The molecule has 0 heterocycles. The highest BCUT2D eigenvalue weighted by molar-refractivity contribution is 7.80. The highest BCUT2D eigenvalue weighted by Gasteiger charge is 2.04. The van der Waals surface area contributed by atoms with Crippen molar-refractivity contribution >= 4 is 18.3 Å². The average Bonchev–Trinajstić information content (AvgIpc) is 2.17. The zero-order chi connectivity index (χ0) is 9.84. The summed E-state index contributed by atoms with van der Waals surface area (Å²) in [6, 6.07) is 8.53. The van der Waals surface area contributed by atoms with Crippen LogP contribution in [0.2, 0.25) is 0 Å². The molecule has 0 bridgehead atoms. The Hall–Kier alpha value is -0.630. The molecule has 0 radical (unpaired) electrons. The largest absolute Gasteiger partial charge is 0.378 e. The van der Waals surface area contributed by atoms with Gasteiger partial charge in [-0.05, 0) is 24.1 Å². The van der Waals surface area contributed by atoms with Crippen LogP contribution in [0.5, 0.6) is 0 Å². The van der Waals surface area contributed by atoms with Crippen LogP contribution in [0.25, 0.3) is 0 Å². The molecule has 1 atom stereocenters. The summed E-state index contributed by atoms with van der Waals surface area (Å²) in [5, 5.41) is 0.361. The van der Waals surface area contributed by atoms with Gasteiger partial charge in [0, 0.05) is 25.0 Å². The maximum absolute atomic E-state index is 4.52. The Morgan fingerprint density at radius 2 is 2.08 bits per heavy atom. The second-order valence-electron chi connectivity index (χ2n) is 3.41. The molecule has 0 amide bonds. The fraction of sp³-hybridized carbons (Fsp3) is 0.455. The van der Waals surface area contributed by atoms with Crippen molar-refractivity contribution in [2.45, 2.75) is 18.6 Å². The summed E-state index contributed by atoms with van der Waals surface area (Å²) < 4.78 is 0. The van der Waals surface area contributed by atoms with Gasteiger partial charge >= 0.3 is 0 Å². The lowest BCUT2D eigenvalue weighted by Gasteiger charge is -2.15. The monoisotopic (exact) mass is 195 g/mol. The standard InChI is InChI=1S/C11H17NS/c1-4-11(13)9-6-5-7-10(8-9)12(2)3/h5-8,11,13H,4H2,1-3H3. The van der Waals surface area contributed by atoms with Crippen molar-refractivity contribution < 1.29 is 0 Å². The second-order valence-corrected chi connectivity index (χ2v) is 4.04. The highest BCUT2D eigenvalue weighted by atomic mass is 32.1. The van der Waals surface area contributed by atoms with Gasteiger partial charge in [0.15, 0.2) is 0 Å². The van der Waals surface area contributed by atoms with E-state index in [4.69, 9.17) is 0 Å². The molecule has 0 spiro atoms. The van der Waals surface area contributed by atoms with E-state index >= 15 is 0 Å². The molecule has 1 aromatic rings. The van der Waals surface area contributed by atoms with Crippen LogP contribution in [-0.4, -0.2) is 14.1 Å². The summed E-state index contributed by atoms with van der Waals surface area (Å²) in [6.45, 7) is 2.15. The second kappa shape index (κ2) is 4.56. The minimum absolute atomic E-state index is 0.361. The van der Waals surface area contributed by atoms with Crippen molar-refractivity contribution in [3.63, 3.8) is 0 Å². The van der Waals surface area contributed by atoms with Crippen LogP contribution in [0, 0.1) is 0 Å². The van der Waals surface area contributed by atoms with Gasteiger partial charge in [-0.25, -0.2) is 0 Å². The molecule has 1 aromatic carbocycles. The molecule has 0 N–H and O–H groups in total. The first-order valence-electron chi connectivity index (χ1n) is 4.60. The van der Waals surface area contributed by atoms with E-state index in [9.17, 15) is 0 Å². The van der Waals surface area contributed by atoms with Gasteiger partial charge in [-0.1, -0.05) is 19.1 Å². The third-order valence-electron chi connectivity index (χ3n) is 2.16. The minimum atomic E-state index is 0.361. The van der Waals surface area contributed by atoms with Gasteiger partial charge in [0.05, 0.1) is 0 Å². The molecule has 0 saturated carbocycles. The fourth-order valence-corrected chi connectivity index (χ4v) is 1.41. The van der Waals surface area contributed by atoms with E-state index < -0.39 is 0 Å². The molecular formula is C11H17NS. The smallest absolute Gasteiger partial charge is 0.0364 e. The summed E-state index contributed by atoms with van der Waals surface area (Å²) in [5.41, 5.74) is 2.54. The normalized spacial score (nSPS) is 12.6. The predicted molar refractivity (Wildman–Crippen MR) is 62.8 cm³/mol. The third-order valence-corrected chi connectivity index (χ3v) is 2.82. The number of nitrogens with zero attached hydrogens (tertiary/aromatic N) is 1. The van der Waals surface area contributed by atoms with E-state index in [-0.39, 0.29) is 0 Å². The van der Waals surface area contributed by atoms with Crippen molar-refractivity contribution in [1.29, 1.82) is 0 Å². The Kier molecular flexibility index (Phi) is 3.67. The van der Waals surface area contributed by atoms with Crippen LogP contribution in [0.4, 0.5) is 5.69 Å². The Morgan fingerprint density at radius 1 is 1.38 bits per heavy atom. The first-order valence-corrected chi connectivity index (χ1v) is 5.12. The molecule has 1 rings (SSSR count). The van der Waals surface area contributed by atoms with E-state index in [2.05, 4.69) is 62.8 Å². The minimum Gasteiger partial charge on any atom is -0.378 e. The van der Waals surface area contributed by atoms with Crippen LogP contribution in [0.1, 0.15) is 24.2 Å². The number of hydrogen-bond donors (Lipinski definition) is 1. The van der Waals surface area contributed by atoms with Gasteiger partial charge in [0.1, 0.15) is 0 Å². The number of hydrogen-bond acceptors (Lipinski definition) is 2. The summed E-state index contributed by atoms with van der Waals surface area (Å²) in [5.74, 6) is 0. The van der Waals surface area contributed by atoms with Crippen molar-refractivity contribution in [3.05, 3.63) is 29.8 Å². The van der Waals surface area contributed by atoms with Crippen LogP contribution < -0.4 is 4.90 Å². The number of anilines is 1. The molecule has 0 fully saturated rings. The molecule has 1 unspecified atom stereocenters. The summed E-state index contributed by atoms with van der Waals surface area (Å²) in [4.78, 5) is 2.11. The van der Waals surface area contributed by atoms with Crippen molar-refractivity contribution in [1.82, 2.24) is 0 Å². The molecule has 13 heavy (non-hydrogen) atoms. The topological polar surface area (TPSA) is 3.24 Å². The SMILES string of the molecule is CCC(S)c1cccc(N(C)C)c1. The van der Waals surface area contributed by atoms with E-state index in [1.807, 2.05) is 0 Å². The molecule has 0 aliphatic heterocycles. The van der Waals surface area contributed by atoms with Gasteiger partial charge in [-0.3, -0.25) is 0 Å². The molecule has 0 aromatic heterocycles. The van der Waals surface area contributed by atoms with Gasteiger partial charge in [-0.15, -0.1) is 0 Å². The van der Waals surface area contributed by atoms with Gasteiger partial charge in [0.25, 0.3) is 0 Å². The summed E-state index contributed by atoms with van der Waals surface area (Å²) >= 11 is 4.52. The van der Waals surface area contributed by atoms with E-state index in [1.165, 1.54) is 11.3 Å². The number of rotatable bonds is 3. The highest BCUT2D eigenvalue weighted by Crippen LogP contribution is 2.25. The molecule has 72 valence electrons. The summed E-state index contributed by atoms with van der Waals surface area (Å²) in [6.07, 6.45) is 1.07. The van der Waals surface area contributed by atoms with Gasteiger partial charge < -0.3 is 4.90 Å². The van der Waals surface area contributed by atoms with Crippen LogP contribution in [-0.2, 0) is 0 Å². The van der Waals surface area contributed by atoms with Gasteiger partial charge in [-0.2, -0.15) is 12.6 Å². The van der Waals surface area contributed by atoms with Crippen molar-refractivity contribution in [3.8, 4) is 0 Å². The molecule has 0 aliphatic rings. The lowest BCUT2D eigenvalue weighted by atomic mass is 10.1. The Morgan fingerprint density at radius 3 is 2.62 bits per heavy atom. The molecule has 2 heteroatoms. The van der Waals surface area contributed by atoms with Crippen molar-refractivity contribution in [2.24, 2.45) is 0 Å². The maximum atomic E-state index is 4.52.